The molecule has 0 saturated carbocycles. The highest BCUT2D eigenvalue weighted by Gasteiger charge is 2.18. The summed E-state index contributed by atoms with van der Waals surface area (Å²) in [5.41, 5.74) is 7.12. The molecule has 1 aliphatic heterocycles. The van der Waals surface area contributed by atoms with Gasteiger partial charge in [0.05, 0.1) is 17.9 Å². The van der Waals surface area contributed by atoms with Gasteiger partial charge >= 0.3 is 0 Å². The van der Waals surface area contributed by atoms with E-state index in [1.54, 1.807) is 6.07 Å². The van der Waals surface area contributed by atoms with Crippen LogP contribution in [0, 0.1) is 0 Å². The molecule has 3 N–H and O–H groups in total. The van der Waals surface area contributed by atoms with Crippen molar-refractivity contribution in [2.24, 2.45) is 0 Å². The maximum absolute atomic E-state index is 12.0. The first kappa shape index (κ1) is 14.8. The second-order valence-electron chi connectivity index (χ2n) is 5.25. The third-order valence-electron chi connectivity index (χ3n) is 3.61. The van der Waals surface area contributed by atoms with Gasteiger partial charge in [0, 0.05) is 26.2 Å². The van der Waals surface area contributed by atoms with Gasteiger partial charge in [-0.2, -0.15) is 0 Å². The lowest BCUT2D eigenvalue weighted by Gasteiger charge is -2.34. The Morgan fingerprint density at radius 2 is 1.85 bits per heavy atom. The zero-order valence-corrected chi connectivity index (χ0v) is 12.1. The number of hydrogen-bond donors (Lipinski definition) is 2. The Hall–Kier alpha value is -1.59. The maximum Gasteiger partial charge on any atom is 0.238 e. The fourth-order valence-corrected chi connectivity index (χ4v) is 2.49. The van der Waals surface area contributed by atoms with Gasteiger partial charge in [-0.25, -0.2) is 0 Å². The van der Waals surface area contributed by atoms with Gasteiger partial charge in [0.2, 0.25) is 5.91 Å². The van der Waals surface area contributed by atoms with Gasteiger partial charge in [-0.15, -0.1) is 0 Å². The molecule has 2 rings (SSSR count). The minimum Gasteiger partial charge on any atom is -0.397 e. The zero-order valence-electron chi connectivity index (χ0n) is 12.1. The van der Waals surface area contributed by atoms with Crippen molar-refractivity contribution in [2.45, 2.75) is 13.3 Å². The van der Waals surface area contributed by atoms with Crippen molar-refractivity contribution in [3.05, 3.63) is 24.3 Å². The van der Waals surface area contributed by atoms with Crippen LogP contribution in [0.1, 0.15) is 13.3 Å². The molecule has 110 valence electrons. The van der Waals surface area contributed by atoms with E-state index in [1.165, 1.54) is 6.42 Å². The maximum atomic E-state index is 12.0. The van der Waals surface area contributed by atoms with Gasteiger partial charge < -0.3 is 16.0 Å². The number of nitrogens with one attached hydrogen (secondary N) is 1. The van der Waals surface area contributed by atoms with Crippen LogP contribution in [-0.2, 0) is 4.79 Å². The number of nitrogens with two attached hydrogens (primary N) is 1. The summed E-state index contributed by atoms with van der Waals surface area (Å²) in [5.74, 6) is 0.00633. The third kappa shape index (κ3) is 4.21. The normalized spacial score (nSPS) is 17.1. The van der Waals surface area contributed by atoms with Crippen molar-refractivity contribution >= 4 is 17.3 Å². The molecule has 1 aliphatic rings. The molecule has 0 spiro atoms. The fraction of sp³-hybridized carbons (Fsp3) is 0.533. The summed E-state index contributed by atoms with van der Waals surface area (Å²) < 4.78 is 0. The largest absolute Gasteiger partial charge is 0.397 e. The van der Waals surface area contributed by atoms with Gasteiger partial charge in [-0.1, -0.05) is 19.1 Å². The number of carbonyl (C=O) groups is 1. The molecule has 1 aromatic rings. The number of benzene rings is 1. The first-order valence-corrected chi connectivity index (χ1v) is 7.28. The molecule has 1 saturated heterocycles. The van der Waals surface area contributed by atoms with Crippen molar-refractivity contribution in [2.75, 3.05) is 50.3 Å². The molecule has 0 radical (unpaired) electrons. The van der Waals surface area contributed by atoms with Crippen LogP contribution in [0.2, 0.25) is 0 Å². The SMILES string of the molecule is CCCN1CCN(CC(=O)Nc2ccccc2N)CC1. The van der Waals surface area contributed by atoms with Crippen molar-refractivity contribution in [3.8, 4) is 0 Å². The summed E-state index contributed by atoms with van der Waals surface area (Å²) in [6.07, 6.45) is 1.19. The summed E-state index contributed by atoms with van der Waals surface area (Å²) in [4.78, 5) is 16.7. The van der Waals surface area contributed by atoms with E-state index < -0.39 is 0 Å². The van der Waals surface area contributed by atoms with Crippen LogP contribution in [-0.4, -0.2) is 55.0 Å². The molecular formula is C15H24N4O. The lowest BCUT2D eigenvalue weighted by Crippen LogP contribution is -2.48. The second-order valence-corrected chi connectivity index (χ2v) is 5.25. The van der Waals surface area contributed by atoms with E-state index in [9.17, 15) is 4.79 Å². The van der Waals surface area contributed by atoms with Gasteiger partial charge in [0.25, 0.3) is 0 Å². The summed E-state index contributed by atoms with van der Waals surface area (Å²) in [5, 5.41) is 2.87. The molecule has 1 aromatic carbocycles. The van der Waals surface area contributed by atoms with E-state index >= 15 is 0 Å². The van der Waals surface area contributed by atoms with Gasteiger partial charge in [-0.3, -0.25) is 9.69 Å². The van der Waals surface area contributed by atoms with E-state index in [2.05, 4.69) is 22.0 Å². The van der Waals surface area contributed by atoms with Crippen LogP contribution in [0.25, 0.3) is 0 Å². The summed E-state index contributed by atoms with van der Waals surface area (Å²) in [7, 11) is 0. The van der Waals surface area contributed by atoms with Gasteiger partial charge in [-0.05, 0) is 25.1 Å². The van der Waals surface area contributed by atoms with Crippen molar-refractivity contribution in [1.82, 2.24) is 9.80 Å². The number of anilines is 2. The van der Waals surface area contributed by atoms with Crippen LogP contribution in [0.4, 0.5) is 11.4 Å². The molecular weight excluding hydrogens is 252 g/mol. The Balaban J connectivity index is 1.77. The van der Waals surface area contributed by atoms with Crippen LogP contribution in [0.3, 0.4) is 0 Å². The summed E-state index contributed by atoms with van der Waals surface area (Å²) in [6.45, 7) is 7.80. The topological polar surface area (TPSA) is 61.6 Å². The molecule has 0 aromatic heterocycles. The number of nitrogen functional groups attached to an aromatic ring is 1. The fourth-order valence-electron chi connectivity index (χ4n) is 2.49. The number of para-hydroxylation sites is 2. The standard InChI is InChI=1S/C15H24N4O/c1-2-7-18-8-10-19(11-9-18)12-15(20)17-14-6-4-3-5-13(14)16/h3-6H,2,7-12,16H2,1H3,(H,17,20). The Labute approximate surface area is 120 Å². The number of piperazine rings is 1. The minimum absolute atomic E-state index is 0.00633. The number of nitrogens with zero attached hydrogens (tertiary/aromatic N) is 2. The highest BCUT2D eigenvalue weighted by Crippen LogP contribution is 2.16. The van der Waals surface area contributed by atoms with Gasteiger partial charge in [0.1, 0.15) is 0 Å². The number of hydrogen-bond acceptors (Lipinski definition) is 4. The van der Waals surface area contributed by atoms with Crippen molar-refractivity contribution < 1.29 is 4.79 Å². The summed E-state index contributed by atoms with van der Waals surface area (Å²) in [6, 6.07) is 7.35. The van der Waals surface area contributed by atoms with Gasteiger partial charge in [0.15, 0.2) is 0 Å². The minimum atomic E-state index is 0.00633. The molecule has 5 nitrogen and oxygen atoms in total. The Morgan fingerprint density at radius 1 is 1.20 bits per heavy atom. The van der Waals surface area contributed by atoms with E-state index in [0.29, 0.717) is 17.9 Å². The van der Waals surface area contributed by atoms with Crippen LogP contribution in [0.5, 0.6) is 0 Å². The van der Waals surface area contributed by atoms with Crippen LogP contribution < -0.4 is 11.1 Å². The number of carbonyl (C=O) groups excluding carboxylic acids is 1. The smallest absolute Gasteiger partial charge is 0.238 e. The highest BCUT2D eigenvalue weighted by molar-refractivity contribution is 5.95. The highest BCUT2D eigenvalue weighted by atomic mass is 16.2. The Bertz CT molecular complexity index is 441. The predicted molar refractivity (Wildman–Crippen MR) is 82.7 cm³/mol. The molecule has 0 aliphatic carbocycles. The lowest BCUT2D eigenvalue weighted by molar-refractivity contribution is -0.117. The molecule has 20 heavy (non-hydrogen) atoms. The van der Waals surface area contributed by atoms with Crippen LogP contribution in [0.15, 0.2) is 24.3 Å². The molecule has 0 atom stereocenters. The quantitative estimate of drug-likeness (QED) is 0.794. The molecule has 5 heteroatoms. The van der Waals surface area contributed by atoms with Crippen molar-refractivity contribution in [3.63, 3.8) is 0 Å². The molecule has 0 unspecified atom stereocenters. The van der Waals surface area contributed by atoms with E-state index in [4.69, 9.17) is 5.73 Å². The monoisotopic (exact) mass is 276 g/mol. The van der Waals surface area contributed by atoms with E-state index in [-0.39, 0.29) is 5.91 Å². The van der Waals surface area contributed by atoms with E-state index in [0.717, 1.165) is 32.7 Å². The van der Waals surface area contributed by atoms with Crippen molar-refractivity contribution in [1.29, 1.82) is 0 Å². The molecule has 0 bridgehead atoms. The lowest BCUT2D eigenvalue weighted by atomic mass is 10.2. The Morgan fingerprint density at radius 3 is 2.50 bits per heavy atom. The zero-order chi connectivity index (χ0) is 14.4. The molecule has 1 fully saturated rings. The average molecular weight is 276 g/mol. The number of rotatable bonds is 5. The molecule has 1 amide bonds. The molecule has 1 heterocycles. The predicted octanol–water partition coefficient (Wildman–Crippen LogP) is 1.23. The third-order valence-corrected chi connectivity index (χ3v) is 3.61. The second kappa shape index (κ2) is 7.26. The first-order valence-electron chi connectivity index (χ1n) is 7.28. The van der Waals surface area contributed by atoms with Crippen LogP contribution >= 0.6 is 0 Å². The first-order chi connectivity index (χ1) is 9.69. The van der Waals surface area contributed by atoms with E-state index in [1.807, 2.05) is 18.2 Å². The average Bonchev–Trinajstić information content (AvgIpc) is 2.44. The Kier molecular flexibility index (Phi) is 5.38. The number of amides is 1. The summed E-state index contributed by atoms with van der Waals surface area (Å²) >= 11 is 0.